The van der Waals surface area contributed by atoms with E-state index in [1.165, 1.54) is 5.82 Å². The smallest absolute Gasteiger partial charge is 0.129 e. The van der Waals surface area contributed by atoms with Crippen molar-refractivity contribution in [2.75, 3.05) is 19.8 Å². The van der Waals surface area contributed by atoms with Crippen LogP contribution in [0.25, 0.3) is 0 Å². The van der Waals surface area contributed by atoms with E-state index in [4.69, 9.17) is 11.6 Å². The van der Waals surface area contributed by atoms with Gasteiger partial charge in [0.2, 0.25) is 0 Å². The van der Waals surface area contributed by atoms with Crippen LogP contribution in [0.5, 0.6) is 0 Å². The molecule has 1 fully saturated rings. The molecule has 0 amide bonds. The second-order valence-electron chi connectivity index (χ2n) is 3.48. The number of rotatable bonds is 1. The zero-order chi connectivity index (χ0) is 9.42. The van der Waals surface area contributed by atoms with Crippen molar-refractivity contribution in [3.63, 3.8) is 0 Å². The van der Waals surface area contributed by atoms with E-state index in [1.807, 2.05) is 6.08 Å². The fraction of sp³-hybridized carbons (Fsp3) is 0.667. The van der Waals surface area contributed by atoms with Gasteiger partial charge in [0.05, 0.1) is 0 Å². The fourth-order valence-corrected chi connectivity index (χ4v) is 2.15. The van der Waals surface area contributed by atoms with E-state index in [-0.39, 0.29) is 0 Å². The van der Waals surface area contributed by atoms with E-state index in [0.29, 0.717) is 17.9 Å². The molecule has 0 saturated carbocycles. The van der Waals surface area contributed by atoms with Gasteiger partial charge in [-0.25, -0.2) is 0 Å². The first kappa shape index (κ1) is 8.88. The monoisotopic (exact) mass is 199 g/mol. The highest BCUT2D eigenvalue weighted by atomic mass is 35.5. The lowest BCUT2D eigenvalue weighted by Gasteiger charge is -2.26. The first-order valence-electron chi connectivity index (χ1n) is 4.65. The molecule has 1 saturated heterocycles. The average molecular weight is 200 g/mol. The molecule has 4 heteroatoms. The van der Waals surface area contributed by atoms with Gasteiger partial charge in [0.1, 0.15) is 17.7 Å². The third kappa shape index (κ3) is 1.41. The summed E-state index contributed by atoms with van der Waals surface area (Å²) in [5.74, 6) is 1.23. The summed E-state index contributed by atoms with van der Waals surface area (Å²) in [6, 6.07) is 0.578. The van der Waals surface area contributed by atoms with Gasteiger partial charge >= 0.3 is 0 Å². The number of halogens is 1. The highest BCUT2D eigenvalue weighted by Crippen LogP contribution is 2.25. The number of fused-ring (bicyclic) bond motifs is 1. The number of hydrogen-bond donors (Lipinski definition) is 0. The highest BCUT2D eigenvalue weighted by molar-refractivity contribution is 6.68. The molecule has 1 unspecified atom stereocenters. The minimum absolute atomic E-state index is 0.578. The lowest BCUT2D eigenvalue weighted by molar-refractivity contribution is 0.322. The van der Waals surface area contributed by atoms with Crippen LogP contribution in [-0.2, 0) is 0 Å². The van der Waals surface area contributed by atoms with Gasteiger partial charge < -0.3 is 9.80 Å². The van der Waals surface area contributed by atoms with E-state index in [2.05, 4.69) is 28.6 Å². The van der Waals surface area contributed by atoms with Gasteiger partial charge in [0.25, 0.3) is 0 Å². The summed E-state index contributed by atoms with van der Waals surface area (Å²) in [5.41, 5.74) is 0. The Hall–Kier alpha value is -0.700. The fourth-order valence-electron chi connectivity index (χ4n) is 2.00. The maximum absolute atomic E-state index is 5.87. The minimum Gasteiger partial charge on any atom is -0.354 e. The van der Waals surface area contributed by atoms with Crippen LogP contribution in [0.3, 0.4) is 0 Å². The van der Waals surface area contributed by atoms with Crippen molar-refractivity contribution in [1.29, 1.82) is 0 Å². The predicted octanol–water partition coefficient (Wildman–Crippen LogP) is 1.46. The van der Waals surface area contributed by atoms with Crippen molar-refractivity contribution in [3.8, 4) is 0 Å². The molecule has 0 aromatic heterocycles. The molecule has 0 aromatic carbocycles. The molecule has 2 aliphatic heterocycles. The number of likely N-dealkylation sites (N-methyl/N-ethyl adjacent to an activating group) is 1. The van der Waals surface area contributed by atoms with Crippen LogP contribution < -0.4 is 0 Å². The van der Waals surface area contributed by atoms with Crippen molar-refractivity contribution >= 4 is 16.8 Å². The zero-order valence-corrected chi connectivity index (χ0v) is 8.75. The van der Waals surface area contributed by atoms with Gasteiger partial charge in [-0.2, -0.15) is 0 Å². The van der Waals surface area contributed by atoms with Crippen molar-refractivity contribution in [1.82, 2.24) is 9.80 Å². The Morgan fingerprint density at radius 2 is 2.46 bits per heavy atom. The van der Waals surface area contributed by atoms with Gasteiger partial charge in [-0.3, -0.25) is 4.99 Å². The number of allylic oxidation sites excluding steroid dienone is 1. The maximum Gasteiger partial charge on any atom is 0.129 e. The molecule has 0 spiro atoms. The van der Waals surface area contributed by atoms with Gasteiger partial charge in [0, 0.05) is 25.2 Å². The van der Waals surface area contributed by atoms with Crippen molar-refractivity contribution in [3.05, 3.63) is 11.9 Å². The van der Waals surface area contributed by atoms with Crippen LogP contribution in [0.4, 0.5) is 0 Å². The summed E-state index contributed by atoms with van der Waals surface area (Å²) in [5, 5.41) is 0.624. The topological polar surface area (TPSA) is 18.8 Å². The molecular weight excluding hydrogens is 186 g/mol. The van der Waals surface area contributed by atoms with Gasteiger partial charge in [-0.1, -0.05) is 11.6 Å². The molecule has 72 valence electrons. The highest BCUT2D eigenvalue weighted by Gasteiger charge is 2.31. The summed E-state index contributed by atoms with van der Waals surface area (Å²) in [4.78, 5) is 8.80. The second-order valence-corrected chi connectivity index (χ2v) is 3.87. The molecule has 0 aromatic rings. The Morgan fingerprint density at radius 3 is 3.15 bits per heavy atom. The summed E-state index contributed by atoms with van der Waals surface area (Å²) >= 11 is 5.87. The molecular formula is C9H14ClN3. The third-order valence-corrected chi connectivity index (χ3v) is 2.84. The normalized spacial score (nSPS) is 27.2. The molecule has 0 aliphatic carbocycles. The summed E-state index contributed by atoms with van der Waals surface area (Å²) in [6.45, 7) is 7.21. The number of hydrogen-bond acceptors (Lipinski definition) is 3. The molecule has 0 bridgehead atoms. The lowest BCUT2D eigenvalue weighted by Crippen LogP contribution is -2.28. The van der Waals surface area contributed by atoms with E-state index in [1.54, 1.807) is 0 Å². The molecule has 1 atom stereocenters. The Bertz CT molecular complexity index is 272. The van der Waals surface area contributed by atoms with E-state index in [9.17, 15) is 0 Å². The van der Waals surface area contributed by atoms with Crippen molar-refractivity contribution < 1.29 is 0 Å². The molecule has 2 aliphatic rings. The molecule has 0 N–H and O–H groups in total. The summed E-state index contributed by atoms with van der Waals surface area (Å²) in [7, 11) is 0. The Labute approximate surface area is 83.7 Å². The first-order chi connectivity index (χ1) is 6.22. The quantitative estimate of drug-likeness (QED) is 0.637. The lowest BCUT2D eigenvalue weighted by atomic mass is 10.3. The molecule has 3 nitrogen and oxygen atoms in total. The Morgan fingerprint density at radius 1 is 1.69 bits per heavy atom. The van der Waals surface area contributed by atoms with Crippen molar-refractivity contribution in [2.24, 2.45) is 4.99 Å². The molecule has 2 heterocycles. The zero-order valence-electron chi connectivity index (χ0n) is 8.00. The van der Waals surface area contributed by atoms with Gasteiger partial charge in [-0.05, 0) is 13.8 Å². The van der Waals surface area contributed by atoms with Crippen LogP contribution in [0, 0.1) is 0 Å². The largest absolute Gasteiger partial charge is 0.354 e. The number of nitrogens with zero attached hydrogens (tertiary/aromatic N) is 3. The average Bonchev–Trinajstić information content (AvgIpc) is 2.40. The van der Waals surface area contributed by atoms with E-state index >= 15 is 0 Å². The van der Waals surface area contributed by atoms with Gasteiger partial charge in [0.15, 0.2) is 0 Å². The predicted molar refractivity (Wildman–Crippen MR) is 54.8 cm³/mol. The van der Waals surface area contributed by atoms with Crippen molar-refractivity contribution in [2.45, 2.75) is 19.9 Å². The van der Waals surface area contributed by atoms with Crippen LogP contribution in [0.15, 0.2) is 16.9 Å². The standard InChI is InChI=1S/C9H14ClN3/c1-3-13-7(2)5-12-6-11-8(10)4-9(12)13/h4,7H,3,5-6H2,1-2H3. The first-order valence-corrected chi connectivity index (χ1v) is 5.03. The van der Waals surface area contributed by atoms with Crippen LogP contribution in [0.1, 0.15) is 13.8 Å². The minimum atomic E-state index is 0.578. The summed E-state index contributed by atoms with van der Waals surface area (Å²) < 4.78 is 0. The van der Waals surface area contributed by atoms with Crippen LogP contribution in [0.2, 0.25) is 0 Å². The SMILES string of the molecule is CCN1C2=CC(Cl)=NCN2CC1C. The van der Waals surface area contributed by atoms with Gasteiger partial charge in [-0.15, -0.1) is 0 Å². The third-order valence-electron chi connectivity index (χ3n) is 2.62. The molecule has 0 radical (unpaired) electrons. The van der Waals surface area contributed by atoms with E-state index in [0.717, 1.165) is 13.1 Å². The summed E-state index contributed by atoms with van der Waals surface area (Å²) in [6.07, 6.45) is 1.96. The Kier molecular flexibility index (Phi) is 2.20. The molecule has 13 heavy (non-hydrogen) atoms. The number of aliphatic imine (C=N–C) groups is 1. The van der Waals surface area contributed by atoms with Crippen LogP contribution >= 0.6 is 11.6 Å². The maximum atomic E-state index is 5.87. The molecule has 2 rings (SSSR count). The van der Waals surface area contributed by atoms with E-state index < -0.39 is 0 Å². The Balaban J connectivity index is 2.26. The second kappa shape index (κ2) is 3.22. The van der Waals surface area contributed by atoms with Crippen LogP contribution in [-0.4, -0.2) is 40.8 Å².